The first-order valence-electron chi connectivity index (χ1n) is 11.5. The lowest BCUT2D eigenvalue weighted by atomic mass is 10.0. The van der Waals surface area contributed by atoms with Gasteiger partial charge in [0.1, 0.15) is 6.04 Å². The molecule has 1 saturated heterocycles. The molecule has 2 amide bonds. The van der Waals surface area contributed by atoms with E-state index in [1.165, 1.54) is 11.3 Å². The number of carbonyl (C=O) groups excluding carboxylic acids is 2. The van der Waals surface area contributed by atoms with Crippen molar-refractivity contribution >= 4 is 11.8 Å². The van der Waals surface area contributed by atoms with Gasteiger partial charge >= 0.3 is 0 Å². The Morgan fingerprint density at radius 3 is 2.49 bits per heavy atom. The summed E-state index contributed by atoms with van der Waals surface area (Å²) in [5.41, 5.74) is 4.22. The summed E-state index contributed by atoms with van der Waals surface area (Å²) in [6.07, 6.45) is 2.49. The second kappa shape index (κ2) is 9.95. The minimum absolute atomic E-state index is 0.123. The monoisotopic (exact) mass is 467 g/mol. The number of hydrogen-bond donors (Lipinski definition) is 2. The van der Waals surface area contributed by atoms with Gasteiger partial charge in [-0.25, -0.2) is 4.98 Å². The van der Waals surface area contributed by atoms with Crippen molar-refractivity contribution in [2.24, 2.45) is 0 Å². The number of carbonyl (C=O) groups is 2. The molecule has 4 aromatic rings. The van der Waals surface area contributed by atoms with E-state index >= 15 is 0 Å². The van der Waals surface area contributed by atoms with Gasteiger partial charge in [-0.05, 0) is 28.8 Å². The second-order valence-electron chi connectivity index (χ2n) is 8.59. The molecular weight excluding hydrogens is 442 g/mol. The summed E-state index contributed by atoms with van der Waals surface area (Å²) in [6.45, 7) is 0.437. The molecule has 5 rings (SSSR count). The highest BCUT2D eigenvalue weighted by atomic mass is 16.3. The normalized spacial score (nSPS) is 17.3. The van der Waals surface area contributed by atoms with Gasteiger partial charge in [0.15, 0.2) is 12.2 Å². The van der Waals surface area contributed by atoms with Crippen molar-refractivity contribution in [2.45, 2.75) is 25.1 Å². The maximum Gasteiger partial charge on any atom is 0.254 e. The van der Waals surface area contributed by atoms with E-state index in [2.05, 4.69) is 10.3 Å². The summed E-state index contributed by atoms with van der Waals surface area (Å²) >= 11 is 0. The van der Waals surface area contributed by atoms with E-state index in [0.717, 1.165) is 22.3 Å². The Balaban J connectivity index is 1.26. The molecule has 2 N–H and O–H groups in total. The number of benzene rings is 3. The molecule has 0 bridgehead atoms. The van der Waals surface area contributed by atoms with Gasteiger partial charge in [-0.3, -0.25) is 9.59 Å². The fourth-order valence-corrected chi connectivity index (χ4v) is 4.37. The van der Waals surface area contributed by atoms with Gasteiger partial charge in [-0.1, -0.05) is 66.7 Å². The predicted octanol–water partition coefficient (Wildman–Crippen LogP) is 3.90. The summed E-state index contributed by atoms with van der Waals surface area (Å²) in [7, 11) is 0. The Bertz CT molecular complexity index is 1300. The van der Waals surface area contributed by atoms with Gasteiger partial charge in [-0.2, -0.15) is 0 Å². The molecule has 0 spiro atoms. The molecule has 2 heterocycles. The first-order chi connectivity index (χ1) is 17.1. The first kappa shape index (κ1) is 22.6. The number of oxazole rings is 1. The lowest BCUT2D eigenvalue weighted by Gasteiger charge is -2.24. The third-order valence-corrected chi connectivity index (χ3v) is 6.20. The summed E-state index contributed by atoms with van der Waals surface area (Å²) in [5.74, 6) is 0.121. The van der Waals surface area contributed by atoms with Crippen LogP contribution in [0.5, 0.6) is 0 Å². The van der Waals surface area contributed by atoms with Gasteiger partial charge < -0.3 is 19.7 Å². The van der Waals surface area contributed by atoms with Gasteiger partial charge in [0.2, 0.25) is 5.91 Å². The van der Waals surface area contributed by atoms with Crippen molar-refractivity contribution in [1.29, 1.82) is 0 Å². The number of aliphatic hydroxyl groups is 1. The molecular formula is C28H25N3O4. The predicted molar refractivity (Wildman–Crippen MR) is 131 cm³/mol. The highest BCUT2D eigenvalue weighted by Gasteiger charge is 2.39. The quantitative estimate of drug-likeness (QED) is 0.448. The van der Waals surface area contributed by atoms with Crippen molar-refractivity contribution in [2.75, 3.05) is 6.54 Å². The number of rotatable bonds is 6. The molecule has 1 aliphatic rings. The molecule has 35 heavy (non-hydrogen) atoms. The minimum Gasteiger partial charge on any atom is -0.444 e. The van der Waals surface area contributed by atoms with Crippen molar-refractivity contribution in [3.05, 3.63) is 103 Å². The van der Waals surface area contributed by atoms with Crippen molar-refractivity contribution < 1.29 is 19.1 Å². The second-order valence-corrected chi connectivity index (χ2v) is 8.59. The average Bonchev–Trinajstić information content (AvgIpc) is 3.58. The number of hydrogen-bond acceptors (Lipinski definition) is 5. The number of nitrogens with zero attached hydrogens (tertiary/aromatic N) is 2. The topological polar surface area (TPSA) is 95.7 Å². The summed E-state index contributed by atoms with van der Waals surface area (Å²) in [6, 6.07) is 24.0. The number of amides is 2. The number of aromatic nitrogens is 1. The molecule has 0 radical (unpaired) electrons. The van der Waals surface area contributed by atoms with Crippen LogP contribution in [0.4, 0.5) is 0 Å². The minimum atomic E-state index is -0.742. The van der Waals surface area contributed by atoms with Crippen LogP contribution < -0.4 is 5.32 Å². The van der Waals surface area contributed by atoms with Crippen LogP contribution in [0.2, 0.25) is 0 Å². The van der Waals surface area contributed by atoms with Crippen LogP contribution in [-0.4, -0.2) is 45.5 Å². The SMILES string of the molecule is O=C(NCc1ccc(-c2cnco2)cc1)C1CC(O)CN1C(=O)c1cccc(-c2ccccc2)c1. The van der Waals surface area contributed by atoms with E-state index in [9.17, 15) is 14.7 Å². The zero-order chi connectivity index (χ0) is 24.2. The lowest BCUT2D eigenvalue weighted by Crippen LogP contribution is -2.45. The average molecular weight is 468 g/mol. The molecule has 0 aliphatic carbocycles. The smallest absolute Gasteiger partial charge is 0.254 e. The van der Waals surface area contributed by atoms with E-state index in [-0.39, 0.29) is 24.8 Å². The maximum atomic E-state index is 13.3. The molecule has 1 fully saturated rings. The third kappa shape index (κ3) is 5.00. The van der Waals surface area contributed by atoms with Gasteiger partial charge in [0.25, 0.3) is 5.91 Å². The van der Waals surface area contributed by atoms with Crippen LogP contribution in [0.1, 0.15) is 22.3 Å². The lowest BCUT2D eigenvalue weighted by molar-refractivity contribution is -0.125. The maximum absolute atomic E-state index is 13.3. The highest BCUT2D eigenvalue weighted by molar-refractivity contribution is 5.99. The van der Waals surface area contributed by atoms with Crippen LogP contribution in [0, 0.1) is 0 Å². The fourth-order valence-electron chi connectivity index (χ4n) is 4.37. The van der Waals surface area contributed by atoms with Crippen molar-refractivity contribution in [3.8, 4) is 22.5 Å². The number of aliphatic hydroxyl groups excluding tert-OH is 1. The Hall–Kier alpha value is -4.23. The molecule has 2 unspecified atom stereocenters. The Labute approximate surface area is 203 Å². The Morgan fingerprint density at radius 2 is 1.74 bits per heavy atom. The zero-order valence-corrected chi connectivity index (χ0v) is 19.0. The zero-order valence-electron chi connectivity index (χ0n) is 19.0. The van der Waals surface area contributed by atoms with E-state index in [0.29, 0.717) is 17.9 Å². The third-order valence-electron chi connectivity index (χ3n) is 6.20. The van der Waals surface area contributed by atoms with E-state index < -0.39 is 12.1 Å². The summed E-state index contributed by atoms with van der Waals surface area (Å²) < 4.78 is 5.30. The van der Waals surface area contributed by atoms with Crippen LogP contribution in [0.25, 0.3) is 22.5 Å². The molecule has 3 aromatic carbocycles. The summed E-state index contributed by atoms with van der Waals surface area (Å²) in [4.78, 5) is 31.7. The molecule has 0 saturated carbocycles. The van der Waals surface area contributed by atoms with E-state index in [1.54, 1.807) is 12.3 Å². The molecule has 176 valence electrons. The number of nitrogens with one attached hydrogen (secondary N) is 1. The van der Waals surface area contributed by atoms with Crippen molar-refractivity contribution in [3.63, 3.8) is 0 Å². The van der Waals surface area contributed by atoms with Crippen molar-refractivity contribution in [1.82, 2.24) is 15.2 Å². The van der Waals surface area contributed by atoms with Gasteiger partial charge in [-0.15, -0.1) is 0 Å². The number of likely N-dealkylation sites (tertiary alicyclic amines) is 1. The van der Waals surface area contributed by atoms with Gasteiger partial charge in [0, 0.05) is 30.6 Å². The fraction of sp³-hybridized carbons (Fsp3) is 0.179. The Morgan fingerprint density at radius 1 is 0.971 bits per heavy atom. The summed E-state index contributed by atoms with van der Waals surface area (Å²) in [5, 5.41) is 13.2. The number of β-amino-alcohol motifs (C(OH)–C–C–N with tert-alkyl or cyclic N) is 1. The van der Waals surface area contributed by atoms with Crippen LogP contribution in [0.3, 0.4) is 0 Å². The highest BCUT2D eigenvalue weighted by Crippen LogP contribution is 2.25. The van der Waals surface area contributed by atoms with Crippen LogP contribution >= 0.6 is 0 Å². The van der Waals surface area contributed by atoms with E-state index in [1.807, 2.05) is 72.8 Å². The molecule has 1 aliphatic heterocycles. The molecule has 1 aromatic heterocycles. The van der Waals surface area contributed by atoms with Gasteiger partial charge in [0.05, 0.1) is 12.3 Å². The standard InChI is InChI=1S/C28H25N3O4/c32-24-14-25(27(33)30-15-19-9-11-21(12-10-19)26-16-29-18-35-26)31(17-24)28(34)23-8-4-7-22(13-23)20-5-2-1-3-6-20/h1-13,16,18,24-25,32H,14-15,17H2,(H,30,33). The largest absolute Gasteiger partial charge is 0.444 e. The molecule has 7 heteroatoms. The molecule has 2 atom stereocenters. The van der Waals surface area contributed by atoms with Crippen LogP contribution in [0.15, 0.2) is 95.9 Å². The molecule has 7 nitrogen and oxygen atoms in total. The Kier molecular flexibility index (Phi) is 6.41. The van der Waals surface area contributed by atoms with Crippen LogP contribution in [-0.2, 0) is 11.3 Å². The first-order valence-corrected chi connectivity index (χ1v) is 11.5. The van der Waals surface area contributed by atoms with E-state index in [4.69, 9.17) is 4.42 Å².